The zero-order valence-corrected chi connectivity index (χ0v) is 17.8. The van der Waals surface area contributed by atoms with E-state index in [0.717, 1.165) is 29.9 Å². The number of nitrogens with zero attached hydrogens (tertiary/aromatic N) is 2. The van der Waals surface area contributed by atoms with Crippen molar-refractivity contribution in [1.29, 1.82) is 0 Å². The predicted molar refractivity (Wildman–Crippen MR) is 111 cm³/mol. The number of rotatable bonds is 6. The highest BCUT2D eigenvalue weighted by atomic mass is 16.6. The molecule has 1 amide bonds. The van der Waals surface area contributed by atoms with Crippen LogP contribution in [0.1, 0.15) is 52.0 Å². The van der Waals surface area contributed by atoms with Crippen molar-refractivity contribution in [3.8, 4) is 5.75 Å². The first-order chi connectivity index (χ1) is 14.2. The van der Waals surface area contributed by atoms with Gasteiger partial charge in [0, 0.05) is 19.5 Å². The molecule has 2 aliphatic rings. The summed E-state index contributed by atoms with van der Waals surface area (Å²) in [5.41, 5.74) is 1.18. The second-order valence-corrected chi connectivity index (χ2v) is 8.81. The number of oxime groups is 1. The summed E-state index contributed by atoms with van der Waals surface area (Å²) < 4.78 is 11.4. The Bertz CT molecular complexity index is 776. The highest BCUT2D eigenvalue weighted by Gasteiger charge is 2.27. The summed E-state index contributed by atoms with van der Waals surface area (Å²) in [6, 6.07) is 7.59. The molecule has 1 aromatic rings. The van der Waals surface area contributed by atoms with E-state index in [9.17, 15) is 9.59 Å². The molecule has 1 N–H and O–H groups in total. The molecule has 164 valence electrons. The summed E-state index contributed by atoms with van der Waals surface area (Å²) in [5.74, 6) is 0.278. The van der Waals surface area contributed by atoms with Crippen LogP contribution in [0.25, 0.3) is 0 Å². The van der Waals surface area contributed by atoms with Crippen molar-refractivity contribution in [2.75, 3.05) is 19.7 Å². The second-order valence-electron chi connectivity index (χ2n) is 8.81. The molecular formula is C22H30N2O6. The Kier molecular flexibility index (Phi) is 6.84. The quantitative estimate of drug-likeness (QED) is 0.757. The van der Waals surface area contributed by atoms with E-state index in [1.807, 2.05) is 45.0 Å². The van der Waals surface area contributed by atoms with E-state index >= 15 is 0 Å². The van der Waals surface area contributed by atoms with Crippen molar-refractivity contribution in [2.45, 2.75) is 58.2 Å². The second kappa shape index (κ2) is 9.36. The lowest BCUT2D eigenvalue weighted by atomic mass is 9.98. The van der Waals surface area contributed by atoms with Crippen LogP contribution in [-0.4, -0.2) is 59.2 Å². The Morgan fingerprint density at radius 2 is 1.87 bits per heavy atom. The highest BCUT2D eigenvalue weighted by molar-refractivity contribution is 6.01. The van der Waals surface area contributed by atoms with Crippen LogP contribution in [0.2, 0.25) is 0 Å². The topological polar surface area (TPSA) is 97.7 Å². The number of likely N-dealkylation sites (tertiary alicyclic amines) is 1. The molecule has 1 aromatic carbocycles. The lowest BCUT2D eigenvalue weighted by Gasteiger charge is -2.33. The van der Waals surface area contributed by atoms with Crippen molar-refractivity contribution >= 4 is 17.8 Å². The maximum absolute atomic E-state index is 12.1. The monoisotopic (exact) mass is 418 g/mol. The Morgan fingerprint density at radius 1 is 1.20 bits per heavy atom. The Labute approximate surface area is 176 Å². The van der Waals surface area contributed by atoms with E-state index in [2.05, 4.69) is 5.16 Å². The average molecular weight is 418 g/mol. The van der Waals surface area contributed by atoms with Gasteiger partial charge in [-0.2, -0.15) is 0 Å². The Balaban J connectivity index is 1.41. The molecule has 3 rings (SSSR count). The normalized spacial score (nSPS) is 19.8. The van der Waals surface area contributed by atoms with E-state index in [-0.39, 0.29) is 12.5 Å². The maximum atomic E-state index is 12.1. The van der Waals surface area contributed by atoms with E-state index in [4.69, 9.17) is 19.4 Å². The highest BCUT2D eigenvalue weighted by Crippen LogP contribution is 2.23. The summed E-state index contributed by atoms with van der Waals surface area (Å²) in [5, 5.41) is 12.8. The molecule has 0 saturated carbocycles. The van der Waals surface area contributed by atoms with Crippen LogP contribution in [0, 0.1) is 5.92 Å². The third-order valence-electron chi connectivity index (χ3n) is 5.07. The molecule has 0 bridgehead atoms. The lowest BCUT2D eigenvalue weighted by Crippen LogP contribution is -2.42. The third-order valence-corrected chi connectivity index (χ3v) is 5.07. The van der Waals surface area contributed by atoms with Gasteiger partial charge in [-0.3, -0.25) is 4.79 Å². The van der Waals surface area contributed by atoms with Gasteiger partial charge < -0.3 is 24.3 Å². The molecule has 1 atom stereocenters. The molecule has 8 heteroatoms. The van der Waals surface area contributed by atoms with Crippen LogP contribution >= 0.6 is 0 Å². The summed E-state index contributed by atoms with van der Waals surface area (Å²) in [7, 11) is 0. The number of hydrogen-bond donors (Lipinski definition) is 1. The number of hydrogen-bond acceptors (Lipinski definition) is 6. The molecule has 8 nitrogen and oxygen atoms in total. The SMILES string of the molecule is CC(C)(C)OC(=O)N1CCC(COc2ccc(C3=NOC(CC(=O)O)C3)cc2)CC1. The summed E-state index contributed by atoms with van der Waals surface area (Å²) in [6.07, 6.45) is 1.55. The number of carbonyl (C=O) groups is 2. The van der Waals surface area contributed by atoms with Crippen molar-refractivity contribution in [1.82, 2.24) is 4.90 Å². The van der Waals surface area contributed by atoms with Crippen molar-refractivity contribution in [3.63, 3.8) is 0 Å². The van der Waals surface area contributed by atoms with Gasteiger partial charge in [0.05, 0.1) is 18.7 Å². The minimum absolute atomic E-state index is 0.0546. The molecule has 0 aliphatic carbocycles. The molecule has 1 saturated heterocycles. The van der Waals surface area contributed by atoms with Gasteiger partial charge in [-0.15, -0.1) is 0 Å². The number of carboxylic acids is 1. The van der Waals surface area contributed by atoms with Crippen molar-refractivity contribution < 1.29 is 29.0 Å². The average Bonchev–Trinajstić information content (AvgIpc) is 3.13. The molecule has 2 heterocycles. The first-order valence-corrected chi connectivity index (χ1v) is 10.4. The fourth-order valence-electron chi connectivity index (χ4n) is 3.47. The molecule has 1 unspecified atom stereocenters. The van der Waals surface area contributed by atoms with Crippen LogP contribution in [0.4, 0.5) is 4.79 Å². The minimum Gasteiger partial charge on any atom is -0.493 e. The molecule has 0 radical (unpaired) electrons. The number of carboxylic acid groups (broad SMARTS) is 1. The van der Waals surface area contributed by atoms with Gasteiger partial charge in [-0.05, 0) is 69.4 Å². The summed E-state index contributed by atoms with van der Waals surface area (Å²) in [4.78, 5) is 29.9. The Morgan fingerprint density at radius 3 is 2.47 bits per heavy atom. The van der Waals surface area contributed by atoms with Gasteiger partial charge >= 0.3 is 12.1 Å². The zero-order chi connectivity index (χ0) is 21.7. The van der Waals surface area contributed by atoms with E-state index in [0.29, 0.717) is 32.0 Å². The van der Waals surface area contributed by atoms with E-state index in [1.54, 1.807) is 4.90 Å². The molecule has 0 aromatic heterocycles. The van der Waals surface area contributed by atoms with Gasteiger partial charge in [0.1, 0.15) is 17.5 Å². The smallest absolute Gasteiger partial charge is 0.410 e. The van der Waals surface area contributed by atoms with Crippen LogP contribution < -0.4 is 4.74 Å². The fourth-order valence-corrected chi connectivity index (χ4v) is 3.47. The minimum atomic E-state index is -0.892. The maximum Gasteiger partial charge on any atom is 0.410 e. The first-order valence-electron chi connectivity index (χ1n) is 10.4. The van der Waals surface area contributed by atoms with Crippen molar-refractivity contribution in [2.24, 2.45) is 11.1 Å². The van der Waals surface area contributed by atoms with Crippen LogP contribution in [0.3, 0.4) is 0 Å². The first kappa shape index (κ1) is 21.9. The number of aliphatic carboxylic acids is 1. The molecule has 1 fully saturated rings. The van der Waals surface area contributed by atoms with E-state index in [1.165, 1.54) is 0 Å². The number of ether oxygens (including phenoxy) is 2. The largest absolute Gasteiger partial charge is 0.493 e. The van der Waals surface area contributed by atoms with Gasteiger partial charge in [-0.1, -0.05) is 5.16 Å². The standard InChI is InChI=1S/C22H30N2O6/c1-22(2,3)29-21(27)24-10-8-15(9-11-24)14-28-17-6-4-16(5-7-17)19-12-18(30-23-19)13-20(25)26/h4-7,15,18H,8-14H2,1-3H3,(H,25,26). The molecular weight excluding hydrogens is 388 g/mol. The molecule has 30 heavy (non-hydrogen) atoms. The van der Waals surface area contributed by atoms with Crippen molar-refractivity contribution in [3.05, 3.63) is 29.8 Å². The third kappa shape index (κ3) is 6.37. The number of carbonyl (C=O) groups excluding carboxylic acids is 1. The van der Waals surface area contributed by atoms with Gasteiger partial charge in [0.25, 0.3) is 0 Å². The fraction of sp³-hybridized carbons (Fsp3) is 0.591. The summed E-state index contributed by atoms with van der Waals surface area (Å²) >= 11 is 0. The van der Waals surface area contributed by atoms with E-state index < -0.39 is 17.7 Å². The summed E-state index contributed by atoms with van der Waals surface area (Å²) in [6.45, 7) is 7.58. The van der Waals surface area contributed by atoms with Crippen LogP contribution in [0.15, 0.2) is 29.4 Å². The van der Waals surface area contributed by atoms with Crippen LogP contribution in [-0.2, 0) is 14.4 Å². The van der Waals surface area contributed by atoms with Gasteiger partial charge in [0.2, 0.25) is 0 Å². The predicted octanol–water partition coefficient (Wildman–Crippen LogP) is 3.68. The number of amides is 1. The van der Waals surface area contributed by atoms with Crippen LogP contribution in [0.5, 0.6) is 5.75 Å². The molecule has 2 aliphatic heterocycles. The Hall–Kier alpha value is -2.77. The van der Waals surface area contributed by atoms with Gasteiger partial charge in [0.15, 0.2) is 0 Å². The number of benzene rings is 1. The zero-order valence-electron chi connectivity index (χ0n) is 17.8. The lowest BCUT2D eigenvalue weighted by molar-refractivity contribution is -0.139. The number of piperidine rings is 1. The van der Waals surface area contributed by atoms with Gasteiger partial charge in [-0.25, -0.2) is 4.79 Å². The molecule has 0 spiro atoms.